The van der Waals surface area contributed by atoms with E-state index in [1.54, 1.807) is 0 Å². The van der Waals surface area contributed by atoms with Gasteiger partial charge in [-0.05, 0) is 53.8 Å². The molecular weight excluding hydrogens is 230 g/mol. The Kier molecular flexibility index (Phi) is 3.39. The molecule has 2 aromatic carbocycles. The molecule has 0 heterocycles. The number of benzene rings is 2. The van der Waals surface area contributed by atoms with E-state index in [2.05, 4.69) is 61.8 Å². The molecular formula is C18H21N. The summed E-state index contributed by atoms with van der Waals surface area (Å²) in [4.78, 5) is 0. The largest absolute Gasteiger partial charge is 0.313 e. The number of rotatable bonds is 4. The summed E-state index contributed by atoms with van der Waals surface area (Å²) in [5.41, 5.74) is 7.21. The fourth-order valence-corrected chi connectivity index (χ4v) is 3.12. The van der Waals surface area contributed by atoms with Gasteiger partial charge in [0.15, 0.2) is 0 Å². The van der Waals surface area contributed by atoms with Crippen molar-refractivity contribution in [2.45, 2.75) is 32.2 Å². The Morgan fingerprint density at radius 2 is 1.84 bits per heavy atom. The topological polar surface area (TPSA) is 12.0 Å². The van der Waals surface area contributed by atoms with E-state index in [4.69, 9.17) is 0 Å². The highest BCUT2D eigenvalue weighted by Gasteiger charge is 2.19. The van der Waals surface area contributed by atoms with Crippen LogP contribution in [0.3, 0.4) is 0 Å². The van der Waals surface area contributed by atoms with Crippen molar-refractivity contribution in [1.29, 1.82) is 0 Å². The van der Waals surface area contributed by atoms with Gasteiger partial charge in [-0.3, -0.25) is 0 Å². The van der Waals surface area contributed by atoms with Gasteiger partial charge >= 0.3 is 0 Å². The maximum atomic E-state index is 3.43. The molecule has 0 radical (unpaired) electrons. The first-order valence-electron chi connectivity index (χ1n) is 7.22. The minimum Gasteiger partial charge on any atom is -0.313 e. The lowest BCUT2D eigenvalue weighted by molar-refractivity contribution is 0.542. The summed E-state index contributed by atoms with van der Waals surface area (Å²) in [6, 6.07) is 16.2. The van der Waals surface area contributed by atoms with E-state index in [1.807, 2.05) is 0 Å². The maximum absolute atomic E-state index is 3.43. The van der Waals surface area contributed by atoms with Crippen molar-refractivity contribution in [1.82, 2.24) is 5.32 Å². The van der Waals surface area contributed by atoms with Crippen molar-refractivity contribution >= 4 is 0 Å². The normalized spacial score (nSPS) is 14.0. The van der Waals surface area contributed by atoms with E-state index in [1.165, 1.54) is 40.7 Å². The molecule has 1 N–H and O–H groups in total. The second-order valence-electron chi connectivity index (χ2n) is 5.38. The Morgan fingerprint density at radius 1 is 1.05 bits per heavy atom. The summed E-state index contributed by atoms with van der Waals surface area (Å²) in [5, 5.41) is 3.43. The minimum atomic E-state index is 0.475. The molecule has 1 unspecified atom stereocenters. The van der Waals surface area contributed by atoms with Gasteiger partial charge in [-0.25, -0.2) is 0 Å². The summed E-state index contributed by atoms with van der Waals surface area (Å²) in [7, 11) is 2.06. The Bertz CT molecular complexity index is 586. The molecule has 0 saturated carbocycles. The molecule has 3 rings (SSSR count). The van der Waals surface area contributed by atoms with E-state index in [9.17, 15) is 0 Å². The quantitative estimate of drug-likeness (QED) is 0.728. The molecule has 1 aliphatic rings. The molecule has 2 aromatic rings. The van der Waals surface area contributed by atoms with Gasteiger partial charge in [0.1, 0.15) is 0 Å². The van der Waals surface area contributed by atoms with Crippen LogP contribution in [0.15, 0.2) is 42.5 Å². The van der Waals surface area contributed by atoms with Crippen LogP contribution in [0.5, 0.6) is 0 Å². The smallest absolute Gasteiger partial charge is 0.0317 e. The number of fused-ring (bicyclic) bond motifs is 3. The third-order valence-corrected chi connectivity index (χ3v) is 4.15. The monoisotopic (exact) mass is 251 g/mol. The second-order valence-corrected chi connectivity index (χ2v) is 5.38. The first kappa shape index (κ1) is 12.4. The van der Waals surface area contributed by atoms with E-state index in [0.29, 0.717) is 6.04 Å². The lowest BCUT2D eigenvalue weighted by Crippen LogP contribution is -2.16. The highest BCUT2D eigenvalue weighted by Crippen LogP contribution is 2.38. The molecule has 1 atom stereocenters. The Hall–Kier alpha value is -1.60. The van der Waals surface area contributed by atoms with Gasteiger partial charge in [-0.15, -0.1) is 0 Å². The number of hydrogen-bond donors (Lipinski definition) is 1. The summed E-state index contributed by atoms with van der Waals surface area (Å²) in [6.07, 6.45) is 3.49. The molecule has 1 nitrogen and oxygen atoms in total. The Morgan fingerprint density at radius 3 is 2.63 bits per heavy atom. The van der Waals surface area contributed by atoms with E-state index < -0.39 is 0 Å². The fourth-order valence-electron chi connectivity index (χ4n) is 3.12. The van der Waals surface area contributed by atoms with Crippen LogP contribution in [0.4, 0.5) is 0 Å². The van der Waals surface area contributed by atoms with Gasteiger partial charge in [0.2, 0.25) is 0 Å². The number of hydrogen-bond acceptors (Lipinski definition) is 1. The Balaban J connectivity index is 2.01. The molecule has 19 heavy (non-hydrogen) atoms. The first-order chi connectivity index (χ1) is 9.33. The van der Waals surface area contributed by atoms with Gasteiger partial charge in [-0.1, -0.05) is 49.7 Å². The highest BCUT2D eigenvalue weighted by molar-refractivity contribution is 5.77. The zero-order valence-electron chi connectivity index (χ0n) is 11.7. The molecule has 1 heteroatoms. The first-order valence-corrected chi connectivity index (χ1v) is 7.22. The molecule has 0 aromatic heterocycles. The zero-order valence-corrected chi connectivity index (χ0v) is 11.7. The second kappa shape index (κ2) is 5.18. The lowest BCUT2D eigenvalue weighted by atomic mass is 9.97. The average Bonchev–Trinajstić information content (AvgIpc) is 2.82. The van der Waals surface area contributed by atoms with Crippen LogP contribution in [-0.2, 0) is 6.42 Å². The van der Waals surface area contributed by atoms with E-state index >= 15 is 0 Å². The molecule has 0 saturated heterocycles. The average molecular weight is 251 g/mol. The standard InChI is InChI=1S/C18H21N/c1-3-6-18(19-2)15-10-9-14-11-13-7-4-5-8-16(13)17(14)12-15/h4-5,7-10,12,18-19H,3,6,11H2,1-2H3. The van der Waals surface area contributed by atoms with Crippen LogP contribution in [0.1, 0.15) is 42.5 Å². The molecule has 1 aliphatic carbocycles. The molecule has 0 spiro atoms. The van der Waals surface area contributed by atoms with Gasteiger partial charge in [0.05, 0.1) is 0 Å². The van der Waals surface area contributed by atoms with Gasteiger partial charge in [0.25, 0.3) is 0 Å². The number of nitrogens with one attached hydrogen (secondary N) is 1. The van der Waals surface area contributed by atoms with Crippen molar-refractivity contribution in [2.24, 2.45) is 0 Å². The third-order valence-electron chi connectivity index (χ3n) is 4.15. The predicted octanol–water partition coefficient (Wildman–Crippen LogP) is 4.32. The third kappa shape index (κ3) is 2.19. The van der Waals surface area contributed by atoms with Crippen molar-refractivity contribution in [3.8, 4) is 11.1 Å². The van der Waals surface area contributed by atoms with Crippen molar-refractivity contribution in [3.05, 3.63) is 59.2 Å². The minimum absolute atomic E-state index is 0.475. The van der Waals surface area contributed by atoms with Crippen LogP contribution in [0.2, 0.25) is 0 Å². The summed E-state index contributed by atoms with van der Waals surface area (Å²) in [5.74, 6) is 0. The summed E-state index contributed by atoms with van der Waals surface area (Å²) < 4.78 is 0. The molecule has 0 aliphatic heterocycles. The SMILES string of the molecule is CCCC(NC)c1ccc2c(c1)-c1ccccc1C2. The molecule has 98 valence electrons. The molecule has 0 amide bonds. The van der Waals surface area contributed by atoms with Crippen molar-refractivity contribution < 1.29 is 0 Å². The predicted molar refractivity (Wildman–Crippen MR) is 81.4 cm³/mol. The zero-order chi connectivity index (χ0) is 13.2. The van der Waals surface area contributed by atoms with Crippen LogP contribution in [-0.4, -0.2) is 7.05 Å². The van der Waals surface area contributed by atoms with Gasteiger partial charge < -0.3 is 5.32 Å². The lowest BCUT2D eigenvalue weighted by Gasteiger charge is -2.17. The van der Waals surface area contributed by atoms with Gasteiger partial charge in [-0.2, -0.15) is 0 Å². The van der Waals surface area contributed by atoms with Crippen molar-refractivity contribution in [2.75, 3.05) is 7.05 Å². The van der Waals surface area contributed by atoms with Crippen LogP contribution >= 0.6 is 0 Å². The summed E-state index contributed by atoms with van der Waals surface area (Å²) in [6.45, 7) is 2.24. The van der Waals surface area contributed by atoms with E-state index in [-0.39, 0.29) is 0 Å². The highest BCUT2D eigenvalue weighted by atomic mass is 14.9. The molecule has 0 bridgehead atoms. The van der Waals surface area contributed by atoms with Crippen LogP contribution in [0.25, 0.3) is 11.1 Å². The fraction of sp³-hybridized carbons (Fsp3) is 0.333. The molecule has 0 fully saturated rings. The summed E-state index contributed by atoms with van der Waals surface area (Å²) >= 11 is 0. The Labute approximate surface area is 115 Å². The van der Waals surface area contributed by atoms with Crippen LogP contribution in [0, 0.1) is 0 Å². The van der Waals surface area contributed by atoms with Gasteiger partial charge in [0, 0.05) is 6.04 Å². The van der Waals surface area contributed by atoms with Crippen LogP contribution < -0.4 is 5.32 Å². The maximum Gasteiger partial charge on any atom is 0.0317 e. The van der Waals surface area contributed by atoms with Crippen molar-refractivity contribution in [3.63, 3.8) is 0 Å². The van der Waals surface area contributed by atoms with E-state index in [0.717, 1.165) is 6.42 Å².